The maximum absolute atomic E-state index is 11.7. The van der Waals surface area contributed by atoms with E-state index in [9.17, 15) is 10.1 Å². The first-order valence-corrected chi connectivity index (χ1v) is 10.4. The van der Waals surface area contributed by atoms with Crippen molar-refractivity contribution in [3.8, 4) is 11.5 Å². The van der Waals surface area contributed by atoms with Crippen molar-refractivity contribution in [3.05, 3.63) is 57.1 Å². The fourth-order valence-electron chi connectivity index (χ4n) is 4.21. The van der Waals surface area contributed by atoms with Crippen molar-refractivity contribution in [1.29, 1.82) is 0 Å². The normalized spacial score (nSPS) is 17.8. The molecule has 162 valence electrons. The number of nitro groups is 1. The highest BCUT2D eigenvalue weighted by Gasteiger charge is 2.43. The van der Waals surface area contributed by atoms with Crippen molar-refractivity contribution in [2.75, 3.05) is 4.90 Å². The molecule has 0 aromatic heterocycles. The molecule has 2 aromatic carbocycles. The van der Waals surface area contributed by atoms with Gasteiger partial charge in [0.2, 0.25) is 11.9 Å². The molecule has 1 aliphatic carbocycles. The van der Waals surface area contributed by atoms with Crippen LogP contribution in [0, 0.1) is 17.0 Å². The summed E-state index contributed by atoms with van der Waals surface area (Å²) in [7, 11) is 0. The SMILES string of the molecule is Cc1cc(Cl)ccc1Oc1cc(N2C(N)=NC(N)=NC23CCCCC3)cc([N+](=O)[O-])c1. The van der Waals surface area contributed by atoms with Crippen LogP contribution in [0.25, 0.3) is 0 Å². The van der Waals surface area contributed by atoms with E-state index in [0.717, 1.165) is 37.7 Å². The van der Waals surface area contributed by atoms with Crippen LogP contribution in [0.3, 0.4) is 0 Å². The lowest BCUT2D eigenvalue weighted by Crippen LogP contribution is -2.58. The first-order chi connectivity index (χ1) is 14.8. The minimum atomic E-state index is -0.711. The number of aryl methyl sites for hydroxylation is 1. The average Bonchev–Trinajstić information content (AvgIpc) is 2.70. The van der Waals surface area contributed by atoms with Crippen LogP contribution >= 0.6 is 11.6 Å². The highest BCUT2D eigenvalue weighted by molar-refractivity contribution is 6.30. The molecule has 31 heavy (non-hydrogen) atoms. The van der Waals surface area contributed by atoms with Gasteiger partial charge in [0.15, 0.2) is 0 Å². The van der Waals surface area contributed by atoms with Crippen molar-refractivity contribution >= 4 is 34.9 Å². The predicted octanol–water partition coefficient (Wildman–Crippen LogP) is 4.46. The highest BCUT2D eigenvalue weighted by Crippen LogP contribution is 2.42. The standard InChI is InChI=1S/C21H23ClN6O3/c1-13-9-14(22)5-6-18(13)31-17-11-15(10-16(12-17)28(29)30)27-20(24)25-19(23)26-21(27)7-3-2-4-8-21/h5-6,9-12H,2-4,7-8H2,1H3,(H4,23,24,25,26). The van der Waals surface area contributed by atoms with Gasteiger partial charge in [-0.25, -0.2) is 4.99 Å². The number of nitrogens with zero attached hydrogens (tertiary/aromatic N) is 4. The van der Waals surface area contributed by atoms with Crippen LogP contribution in [0.5, 0.6) is 11.5 Å². The third-order valence-corrected chi connectivity index (χ3v) is 5.80. The Morgan fingerprint density at radius 2 is 1.90 bits per heavy atom. The minimum absolute atomic E-state index is 0.120. The lowest BCUT2D eigenvalue weighted by molar-refractivity contribution is -0.384. The second-order valence-electron chi connectivity index (χ2n) is 7.77. The van der Waals surface area contributed by atoms with Crippen LogP contribution < -0.4 is 21.1 Å². The van der Waals surface area contributed by atoms with E-state index in [0.29, 0.717) is 22.2 Å². The molecule has 0 radical (unpaired) electrons. The van der Waals surface area contributed by atoms with E-state index in [1.54, 1.807) is 29.2 Å². The number of halogens is 1. The molecular formula is C21H23ClN6O3. The van der Waals surface area contributed by atoms with Crippen molar-refractivity contribution in [2.24, 2.45) is 21.5 Å². The van der Waals surface area contributed by atoms with Gasteiger partial charge < -0.3 is 16.2 Å². The van der Waals surface area contributed by atoms with Crippen molar-refractivity contribution in [2.45, 2.75) is 44.7 Å². The molecule has 1 saturated carbocycles. The lowest BCUT2D eigenvalue weighted by atomic mass is 9.87. The van der Waals surface area contributed by atoms with Gasteiger partial charge in [0.05, 0.1) is 16.7 Å². The fraction of sp³-hybridized carbons (Fsp3) is 0.333. The molecule has 2 aromatic rings. The molecule has 1 fully saturated rings. The average molecular weight is 443 g/mol. The third kappa shape index (κ3) is 4.13. The number of rotatable bonds is 4. The Hall–Kier alpha value is -3.33. The van der Waals surface area contributed by atoms with Gasteiger partial charge in [0.25, 0.3) is 5.69 Å². The molecule has 0 atom stereocenters. The van der Waals surface area contributed by atoms with E-state index in [1.807, 2.05) is 6.92 Å². The van der Waals surface area contributed by atoms with Gasteiger partial charge in [-0.1, -0.05) is 18.0 Å². The van der Waals surface area contributed by atoms with Crippen molar-refractivity contribution in [1.82, 2.24) is 0 Å². The van der Waals surface area contributed by atoms with Crippen LogP contribution in [0.2, 0.25) is 5.02 Å². The molecule has 9 nitrogen and oxygen atoms in total. The minimum Gasteiger partial charge on any atom is -0.457 e. The van der Waals surface area contributed by atoms with E-state index < -0.39 is 10.6 Å². The van der Waals surface area contributed by atoms with Gasteiger partial charge in [-0.2, -0.15) is 4.99 Å². The topological polar surface area (TPSA) is 132 Å². The second kappa shape index (κ2) is 8.07. The molecule has 0 bridgehead atoms. The monoisotopic (exact) mass is 442 g/mol. The number of anilines is 1. The third-order valence-electron chi connectivity index (χ3n) is 5.56. The number of benzene rings is 2. The summed E-state index contributed by atoms with van der Waals surface area (Å²) < 4.78 is 5.99. The lowest BCUT2D eigenvalue weighted by Gasteiger charge is -2.45. The first-order valence-electron chi connectivity index (χ1n) is 10.0. The van der Waals surface area contributed by atoms with Gasteiger partial charge in [-0.15, -0.1) is 0 Å². The molecule has 2 aliphatic rings. The van der Waals surface area contributed by atoms with Crippen LogP contribution in [0.15, 0.2) is 46.4 Å². The van der Waals surface area contributed by atoms with Crippen LogP contribution in [0.4, 0.5) is 11.4 Å². The highest BCUT2D eigenvalue weighted by atomic mass is 35.5. The van der Waals surface area contributed by atoms with Gasteiger partial charge in [0.1, 0.15) is 17.2 Å². The molecule has 1 spiro atoms. The Morgan fingerprint density at radius 3 is 2.58 bits per heavy atom. The molecule has 4 rings (SSSR count). The summed E-state index contributed by atoms with van der Waals surface area (Å²) in [5.74, 6) is 1.12. The van der Waals surface area contributed by atoms with E-state index in [2.05, 4.69) is 9.98 Å². The van der Waals surface area contributed by atoms with Gasteiger partial charge in [0, 0.05) is 17.2 Å². The first kappa shape index (κ1) is 20.9. The van der Waals surface area contributed by atoms with Gasteiger partial charge >= 0.3 is 0 Å². The summed E-state index contributed by atoms with van der Waals surface area (Å²) >= 11 is 6.02. The smallest absolute Gasteiger partial charge is 0.275 e. The molecule has 10 heteroatoms. The van der Waals surface area contributed by atoms with E-state index in [4.69, 9.17) is 27.8 Å². The summed E-state index contributed by atoms with van der Waals surface area (Å²) in [5, 5.41) is 12.2. The summed E-state index contributed by atoms with van der Waals surface area (Å²) in [6.07, 6.45) is 4.42. The number of non-ortho nitro benzene ring substituents is 1. The largest absolute Gasteiger partial charge is 0.457 e. The van der Waals surface area contributed by atoms with Crippen molar-refractivity contribution in [3.63, 3.8) is 0 Å². The Balaban J connectivity index is 1.80. The molecule has 0 unspecified atom stereocenters. The van der Waals surface area contributed by atoms with Gasteiger partial charge in [-0.05, 0) is 56.4 Å². The quantitative estimate of drug-likeness (QED) is 0.530. The van der Waals surface area contributed by atoms with Crippen molar-refractivity contribution < 1.29 is 9.66 Å². The summed E-state index contributed by atoms with van der Waals surface area (Å²) in [6, 6.07) is 9.72. The molecule has 1 heterocycles. The Morgan fingerprint density at radius 1 is 1.16 bits per heavy atom. The Labute approximate surface area is 184 Å². The summed E-state index contributed by atoms with van der Waals surface area (Å²) in [5.41, 5.74) is 12.6. The summed E-state index contributed by atoms with van der Waals surface area (Å²) in [6.45, 7) is 1.85. The molecule has 1 aliphatic heterocycles. The number of hydrogen-bond acceptors (Lipinski definition) is 8. The fourth-order valence-corrected chi connectivity index (χ4v) is 4.44. The number of nitro benzene ring substituents is 1. The van der Waals surface area contributed by atoms with Gasteiger partial charge in [-0.3, -0.25) is 15.0 Å². The Kier molecular flexibility index (Phi) is 5.45. The predicted molar refractivity (Wildman–Crippen MR) is 121 cm³/mol. The number of nitrogens with two attached hydrogens (primary N) is 2. The maximum Gasteiger partial charge on any atom is 0.275 e. The van der Waals surface area contributed by atoms with E-state index >= 15 is 0 Å². The van der Waals surface area contributed by atoms with Crippen LogP contribution in [0.1, 0.15) is 37.7 Å². The second-order valence-corrected chi connectivity index (χ2v) is 8.21. The van der Waals surface area contributed by atoms with E-state index in [1.165, 1.54) is 12.1 Å². The van der Waals surface area contributed by atoms with E-state index in [-0.39, 0.29) is 17.6 Å². The van der Waals surface area contributed by atoms with Crippen LogP contribution in [-0.2, 0) is 0 Å². The maximum atomic E-state index is 11.7. The summed E-state index contributed by atoms with van der Waals surface area (Å²) in [4.78, 5) is 21.7. The molecular weight excluding hydrogens is 420 g/mol. The Bertz CT molecular complexity index is 1090. The van der Waals surface area contributed by atoms with Crippen LogP contribution in [-0.4, -0.2) is 22.5 Å². The number of aliphatic imine (C=N–C) groups is 2. The number of ether oxygens (including phenoxy) is 1. The molecule has 0 amide bonds. The number of guanidine groups is 2. The zero-order chi connectivity index (χ0) is 22.2. The molecule has 4 N–H and O–H groups in total. The number of hydrogen-bond donors (Lipinski definition) is 2. The zero-order valence-electron chi connectivity index (χ0n) is 17.0. The molecule has 0 saturated heterocycles. The zero-order valence-corrected chi connectivity index (χ0v) is 17.8.